The molecule has 86 valence electrons. The zero-order valence-electron chi connectivity index (χ0n) is 9.70. The second-order valence-corrected chi connectivity index (χ2v) is 5.47. The van der Waals surface area contributed by atoms with Crippen molar-refractivity contribution in [3.8, 4) is 0 Å². The van der Waals surface area contributed by atoms with Gasteiger partial charge in [-0.05, 0) is 56.6 Å². The predicted octanol–water partition coefficient (Wildman–Crippen LogP) is 3.80. The Kier molecular flexibility index (Phi) is 4.19. The summed E-state index contributed by atoms with van der Waals surface area (Å²) in [5.74, 6) is 0.764. The molecule has 1 fully saturated rings. The molecule has 0 aromatic heterocycles. The van der Waals surface area contributed by atoms with Crippen molar-refractivity contribution in [2.24, 2.45) is 5.92 Å². The smallest absolute Gasteiger partial charge is 0.0175 e. The minimum Gasteiger partial charge on any atom is -0.306 e. The van der Waals surface area contributed by atoms with Crippen molar-refractivity contribution in [3.63, 3.8) is 0 Å². The maximum atomic E-state index is 3.45. The number of piperidine rings is 1. The van der Waals surface area contributed by atoms with E-state index in [9.17, 15) is 0 Å². The fourth-order valence-corrected chi connectivity index (χ4v) is 2.31. The Morgan fingerprint density at radius 3 is 2.44 bits per heavy atom. The van der Waals surface area contributed by atoms with Gasteiger partial charge in [0, 0.05) is 4.47 Å². The molecule has 1 aliphatic heterocycles. The van der Waals surface area contributed by atoms with E-state index in [1.54, 1.807) is 0 Å². The Bertz CT molecular complexity index is 348. The maximum Gasteiger partial charge on any atom is 0.0175 e. The number of hydrogen-bond acceptors (Lipinski definition) is 1. The number of rotatable bonds is 2. The molecular weight excluding hydrogens is 262 g/mol. The molecule has 0 bridgehead atoms. The molecule has 1 aliphatic rings. The van der Waals surface area contributed by atoms with Gasteiger partial charge in [0.25, 0.3) is 0 Å². The average Bonchev–Trinajstić information content (AvgIpc) is 2.30. The van der Waals surface area contributed by atoms with E-state index in [1.807, 2.05) is 0 Å². The van der Waals surface area contributed by atoms with Crippen molar-refractivity contribution in [1.29, 1.82) is 0 Å². The molecule has 0 amide bonds. The summed E-state index contributed by atoms with van der Waals surface area (Å²) in [6, 6.07) is 8.48. The van der Waals surface area contributed by atoms with Gasteiger partial charge >= 0.3 is 0 Å². The van der Waals surface area contributed by atoms with Crippen molar-refractivity contribution in [2.45, 2.75) is 12.8 Å². The molecule has 0 unspecified atom stereocenters. The lowest BCUT2D eigenvalue weighted by molar-refractivity contribution is 0.244. The van der Waals surface area contributed by atoms with Gasteiger partial charge in [-0.15, -0.1) is 0 Å². The lowest BCUT2D eigenvalue weighted by Crippen LogP contribution is -2.29. The minimum atomic E-state index is 0.764. The first-order chi connectivity index (χ1) is 7.74. The van der Waals surface area contributed by atoms with Crippen LogP contribution in [-0.4, -0.2) is 25.0 Å². The largest absolute Gasteiger partial charge is 0.306 e. The molecule has 0 N–H and O–H groups in total. The SMILES string of the molecule is CN1CCC(/C=C/c2ccc(Br)cc2)CC1. The quantitative estimate of drug-likeness (QED) is 0.796. The lowest BCUT2D eigenvalue weighted by Gasteiger charge is -2.26. The van der Waals surface area contributed by atoms with Crippen LogP contribution in [0.3, 0.4) is 0 Å². The summed E-state index contributed by atoms with van der Waals surface area (Å²) in [6.07, 6.45) is 7.21. The first-order valence-electron chi connectivity index (χ1n) is 5.86. The Hall–Kier alpha value is -0.600. The van der Waals surface area contributed by atoms with Gasteiger partial charge in [-0.25, -0.2) is 0 Å². The van der Waals surface area contributed by atoms with Gasteiger partial charge in [0.15, 0.2) is 0 Å². The van der Waals surface area contributed by atoms with E-state index in [4.69, 9.17) is 0 Å². The first-order valence-corrected chi connectivity index (χ1v) is 6.65. The molecule has 1 saturated heterocycles. The number of nitrogens with zero attached hydrogens (tertiary/aromatic N) is 1. The fourth-order valence-electron chi connectivity index (χ4n) is 2.04. The normalized spacial score (nSPS) is 19.4. The van der Waals surface area contributed by atoms with Gasteiger partial charge in [0.05, 0.1) is 0 Å². The van der Waals surface area contributed by atoms with Crippen LogP contribution in [0.15, 0.2) is 34.8 Å². The van der Waals surface area contributed by atoms with E-state index < -0.39 is 0 Å². The molecule has 1 heterocycles. The second-order valence-electron chi connectivity index (χ2n) is 4.55. The number of allylic oxidation sites excluding steroid dienone is 1. The second kappa shape index (κ2) is 5.65. The van der Waals surface area contributed by atoms with Crippen molar-refractivity contribution < 1.29 is 0 Å². The first kappa shape index (κ1) is 11.9. The van der Waals surface area contributed by atoms with Crippen molar-refractivity contribution in [1.82, 2.24) is 4.90 Å². The van der Waals surface area contributed by atoms with Crippen LogP contribution in [0.1, 0.15) is 18.4 Å². The summed E-state index contributed by atoms with van der Waals surface area (Å²) in [5.41, 5.74) is 1.29. The third kappa shape index (κ3) is 3.46. The molecule has 1 aromatic rings. The molecule has 2 rings (SSSR count). The molecule has 0 saturated carbocycles. The highest BCUT2D eigenvalue weighted by Gasteiger charge is 2.13. The molecule has 0 atom stereocenters. The molecule has 0 aliphatic carbocycles. The van der Waals surface area contributed by atoms with Crippen molar-refractivity contribution in [3.05, 3.63) is 40.4 Å². The maximum absolute atomic E-state index is 3.45. The van der Waals surface area contributed by atoms with Crippen LogP contribution < -0.4 is 0 Å². The highest BCUT2D eigenvalue weighted by atomic mass is 79.9. The van der Waals surface area contributed by atoms with Crippen LogP contribution >= 0.6 is 15.9 Å². The number of halogens is 1. The summed E-state index contributed by atoms with van der Waals surface area (Å²) in [4.78, 5) is 2.41. The number of benzene rings is 1. The molecule has 16 heavy (non-hydrogen) atoms. The Morgan fingerprint density at radius 1 is 1.19 bits per heavy atom. The van der Waals surface area contributed by atoms with Crippen molar-refractivity contribution in [2.75, 3.05) is 20.1 Å². The van der Waals surface area contributed by atoms with Gasteiger partial charge in [-0.2, -0.15) is 0 Å². The van der Waals surface area contributed by atoms with E-state index >= 15 is 0 Å². The van der Waals surface area contributed by atoms with E-state index in [0.29, 0.717) is 0 Å². The molecule has 0 spiro atoms. The van der Waals surface area contributed by atoms with Crippen LogP contribution in [0.4, 0.5) is 0 Å². The van der Waals surface area contributed by atoms with Crippen molar-refractivity contribution >= 4 is 22.0 Å². The third-order valence-electron chi connectivity index (χ3n) is 3.19. The van der Waals surface area contributed by atoms with Gasteiger partial charge in [0.1, 0.15) is 0 Å². The van der Waals surface area contributed by atoms with E-state index in [2.05, 4.69) is 64.3 Å². The summed E-state index contributed by atoms with van der Waals surface area (Å²) in [6.45, 7) is 2.46. The van der Waals surface area contributed by atoms with Crippen LogP contribution in [-0.2, 0) is 0 Å². The summed E-state index contributed by atoms with van der Waals surface area (Å²) in [5, 5.41) is 0. The van der Waals surface area contributed by atoms with E-state index in [1.165, 1.54) is 31.5 Å². The highest BCUT2D eigenvalue weighted by molar-refractivity contribution is 9.10. The lowest BCUT2D eigenvalue weighted by atomic mass is 9.96. The van der Waals surface area contributed by atoms with Gasteiger partial charge in [-0.3, -0.25) is 0 Å². The fraction of sp³-hybridized carbons (Fsp3) is 0.429. The molecule has 1 aromatic carbocycles. The standard InChI is InChI=1S/C14H18BrN/c1-16-10-8-13(9-11-16)3-2-12-4-6-14(15)7-5-12/h2-7,13H,8-11H2,1H3/b3-2+. The van der Waals surface area contributed by atoms with Crippen LogP contribution in [0.25, 0.3) is 6.08 Å². The zero-order valence-corrected chi connectivity index (χ0v) is 11.3. The molecule has 2 heteroatoms. The molecular formula is C14H18BrN. The van der Waals surface area contributed by atoms with Gasteiger partial charge < -0.3 is 4.90 Å². The van der Waals surface area contributed by atoms with Crippen LogP contribution in [0.2, 0.25) is 0 Å². The summed E-state index contributed by atoms with van der Waals surface area (Å²) >= 11 is 3.45. The van der Waals surface area contributed by atoms with E-state index in [0.717, 1.165) is 10.4 Å². The van der Waals surface area contributed by atoms with Crippen LogP contribution in [0, 0.1) is 5.92 Å². The summed E-state index contributed by atoms with van der Waals surface area (Å²) < 4.78 is 1.14. The van der Waals surface area contributed by atoms with E-state index in [-0.39, 0.29) is 0 Å². The number of likely N-dealkylation sites (tertiary alicyclic amines) is 1. The number of hydrogen-bond donors (Lipinski definition) is 0. The Labute approximate surface area is 106 Å². The highest BCUT2D eigenvalue weighted by Crippen LogP contribution is 2.19. The van der Waals surface area contributed by atoms with Gasteiger partial charge in [0.2, 0.25) is 0 Å². The monoisotopic (exact) mass is 279 g/mol. The topological polar surface area (TPSA) is 3.24 Å². The average molecular weight is 280 g/mol. The molecule has 0 radical (unpaired) electrons. The molecule has 1 nitrogen and oxygen atoms in total. The minimum absolute atomic E-state index is 0.764. The third-order valence-corrected chi connectivity index (χ3v) is 3.72. The van der Waals surface area contributed by atoms with Gasteiger partial charge in [-0.1, -0.05) is 40.2 Å². The predicted molar refractivity (Wildman–Crippen MR) is 73.4 cm³/mol. The summed E-state index contributed by atoms with van der Waals surface area (Å²) in [7, 11) is 2.20. The Morgan fingerprint density at radius 2 is 1.81 bits per heavy atom. The Balaban J connectivity index is 1.91. The zero-order chi connectivity index (χ0) is 11.4. The van der Waals surface area contributed by atoms with Crippen LogP contribution in [0.5, 0.6) is 0 Å².